The molecule has 0 aromatic heterocycles. The van der Waals surface area contributed by atoms with Gasteiger partial charge in [0.05, 0.1) is 19.3 Å². The minimum Gasteiger partial charge on any atom is -0.475 e. The summed E-state index contributed by atoms with van der Waals surface area (Å²) in [6.45, 7) is 1.03. The normalized spacial score (nSPS) is 16.6. The van der Waals surface area contributed by atoms with Crippen LogP contribution in [0.4, 0.5) is 5.69 Å². The van der Waals surface area contributed by atoms with Crippen molar-refractivity contribution in [2.45, 2.75) is 12.6 Å². The van der Waals surface area contributed by atoms with Crippen molar-refractivity contribution in [1.29, 1.82) is 0 Å². The quantitative estimate of drug-likeness (QED) is 0.814. The van der Waals surface area contributed by atoms with Gasteiger partial charge in [0.25, 0.3) is 0 Å². The first-order chi connectivity index (χ1) is 10.7. The molecule has 2 aromatic rings. The lowest BCUT2D eigenvalue weighted by Gasteiger charge is -2.35. The van der Waals surface area contributed by atoms with Crippen LogP contribution < -0.4 is 9.64 Å². The molecule has 0 aliphatic carbocycles. The minimum absolute atomic E-state index is 0.376. The summed E-state index contributed by atoms with van der Waals surface area (Å²) in [7, 11) is 1.37. The number of para-hydroxylation sites is 2. The molecule has 3 rings (SSSR count). The lowest BCUT2D eigenvalue weighted by atomic mass is 10.1. The molecule has 1 heterocycles. The number of esters is 1. The molecule has 0 fully saturated rings. The Balaban J connectivity index is 1.92. The van der Waals surface area contributed by atoms with Gasteiger partial charge in [-0.25, -0.2) is 4.79 Å². The van der Waals surface area contributed by atoms with Crippen LogP contribution in [0.2, 0.25) is 5.02 Å². The van der Waals surface area contributed by atoms with E-state index in [0.717, 1.165) is 11.3 Å². The molecular formula is C17H16ClNO3. The van der Waals surface area contributed by atoms with Crippen LogP contribution in [-0.4, -0.2) is 25.7 Å². The highest BCUT2D eigenvalue weighted by molar-refractivity contribution is 6.31. The molecule has 114 valence electrons. The van der Waals surface area contributed by atoms with Gasteiger partial charge in [0, 0.05) is 11.6 Å². The van der Waals surface area contributed by atoms with Gasteiger partial charge in [-0.2, -0.15) is 0 Å². The van der Waals surface area contributed by atoms with Gasteiger partial charge in [-0.1, -0.05) is 41.9 Å². The maximum atomic E-state index is 11.8. The van der Waals surface area contributed by atoms with E-state index in [0.29, 0.717) is 23.9 Å². The summed E-state index contributed by atoms with van der Waals surface area (Å²) in [5, 5.41) is 0.709. The highest BCUT2D eigenvalue weighted by Gasteiger charge is 2.31. The SMILES string of the molecule is COC(=O)[C@@H]1CN(Cc2ccccc2Cl)c2ccccc2O1. The van der Waals surface area contributed by atoms with Crippen LogP contribution in [0.1, 0.15) is 5.56 Å². The van der Waals surface area contributed by atoms with Gasteiger partial charge in [0.1, 0.15) is 5.75 Å². The maximum Gasteiger partial charge on any atom is 0.348 e. The molecule has 0 saturated carbocycles. The van der Waals surface area contributed by atoms with Gasteiger partial charge in [-0.05, 0) is 23.8 Å². The first-order valence-electron chi connectivity index (χ1n) is 7.01. The van der Waals surface area contributed by atoms with Gasteiger partial charge in [-0.15, -0.1) is 0 Å². The fourth-order valence-electron chi connectivity index (χ4n) is 2.54. The van der Waals surface area contributed by atoms with Crippen LogP contribution in [0.15, 0.2) is 48.5 Å². The third kappa shape index (κ3) is 2.88. The van der Waals surface area contributed by atoms with Crippen molar-refractivity contribution in [3.05, 3.63) is 59.1 Å². The summed E-state index contributed by atoms with van der Waals surface area (Å²) in [6, 6.07) is 15.3. The van der Waals surface area contributed by atoms with Gasteiger partial charge in [-0.3, -0.25) is 0 Å². The molecule has 4 nitrogen and oxygen atoms in total. The van der Waals surface area contributed by atoms with Crippen LogP contribution in [-0.2, 0) is 16.1 Å². The lowest BCUT2D eigenvalue weighted by molar-refractivity contribution is -0.148. The topological polar surface area (TPSA) is 38.8 Å². The molecule has 0 saturated heterocycles. The molecule has 1 atom stereocenters. The third-order valence-corrected chi connectivity index (χ3v) is 4.01. The maximum absolute atomic E-state index is 11.8. The van der Waals surface area contributed by atoms with Crippen molar-refractivity contribution in [1.82, 2.24) is 0 Å². The van der Waals surface area contributed by atoms with Crippen molar-refractivity contribution in [3.63, 3.8) is 0 Å². The Hall–Kier alpha value is -2.20. The highest BCUT2D eigenvalue weighted by atomic mass is 35.5. The predicted molar refractivity (Wildman–Crippen MR) is 85.4 cm³/mol. The second-order valence-electron chi connectivity index (χ2n) is 5.07. The number of methoxy groups -OCH3 is 1. The first kappa shape index (κ1) is 14.7. The number of rotatable bonds is 3. The molecular weight excluding hydrogens is 302 g/mol. The second kappa shape index (κ2) is 6.28. The Morgan fingerprint density at radius 3 is 2.77 bits per heavy atom. The van der Waals surface area contributed by atoms with Crippen molar-refractivity contribution >= 4 is 23.3 Å². The minimum atomic E-state index is -0.637. The van der Waals surface area contributed by atoms with Crippen LogP contribution in [0, 0.1) is 0 Å². The van der Waals surface area contributed by atoms with Crippen molar-refractivity contribution in [3.8, 4) is 5.75 Å². The number of hydrogen-bond donors (Lipinski definition) is 0. The van der Waals surface area contributed by atoms with E-state index in [1.54, 1.807) is 0 Å². The van der Waals surface area contributed by atoms with Gasteiger partial charge < -0.3 is 14.4 Å². The summed E-state index contributed by atoms with van der Waals surface area (Å²) in [4.78, 5) is 13.9. The fourth-order valence-corrected chi connectivity index (χ4v) is 2.74. The summed E-state index contributed by atoms with van der Waals surface area (Å²) < 4.78 is 10.5. The Bertz CT molecular complexity index is 689. The molecule has 1 aliphatic heterocycles. The van der Waals surface area contributed by atoms with E-state index in [-0.39, 0.29) is 5.97 Å². The molecule has 0 bridgehead atoms. The molecule has 0 unspecified atom stereocenters. The highest BCUT2D eigenvalue weighted by Crippen LogP contribution is 2.34. The number of nitrogens with zero attached hydrogens (tertiary/aromatic N) is 1. The van der Waals surface area contributed by atoms with Crippen LogP contribution in [0.3, 0.4) is 0 Å². The third-order valence-electron chi connectivity index (χ3n) is 3.64. The van der Waals surface area contributed by atoms with Gasteiger partial charge in [0.15, 0.2) is 0 Å². The van der Waals surface area contributed by atoms with E-state index < -0.39 is 6.10 Å². The van der Waals surface area contributed by atoms with E-state index in [4.69, 9.17) is 21.1 Å². The number of carbonyl (C=O) groups is 1. The standard InChI is InChI=1S/C17H16ClNO3/c1-21-17(20)16-11-19(10-12-6-2-3-7-13(12)18)14-8-4-5-9-15(14)22-16/h2-9,16H,10-11H2,1H3/t16-/m0/s1. The van der Waals surface area contributed by atoms with Crippen LogP contribution >= 0.6 is 11.6 Å². The molecule has 0 radical (unpaired) electrons. The monoisotopic (exact) mass is 317 g/mol. The summed E-state index contributed by atoms with van der Waals surface area (Å²) in [5.41, 5.74) is 1.95. The lowest BCUT2D eigenvalue weighted by Crippen LogP contribution is -2.44. The second-order valence-corrected chi connectivity index (χ2v) is 5.48. The Labute approximate surface area is 134 Å². The van der Waals surface area contributed by atoms with Crippen LogP contribution in [0.25, 0.3) is 0 Å². The Kier molecular flexibility index (Phi) is 4.20. The van der Waals surface area contributed by atoms with Crippen LogP contribution in [0.5, 0.6) is 5.75 Å². The summed E-state index contributed by atoms with van der Waals surface area (Å²) in [6.07, 6.45) is -0.637. The summed E-state index contributed by atoms with van der Waals surface area (Å²) in [5.74, 6) is 0.301. The Morgan fingerprint density at radius 1 is 1.27 bits per heavy atom. The largest absolute Gasteiger partial charge is 0.475 e. The Morgan fingerprint density at radius 2 is 2.00 bits per heavy atom. The van der Waals surface area contributed by atoms with E-state index in [1.807, 2.05) is 48.5 Å². The molecule has 0 N–H and O–H groups in total. The van der Waals surface area contributed by atoms with E-state index >= 15 is 0 Å². The zero-order valence-electron chi connectivity index (χ0n) is 12.2. The van der Waals surface area contributed by atoms with E-state index in [2.05, 4.69) is 4.90 Å². The van der Waals surface area contributed by atoms with Crippen molar-refractivity contribution in [2.75, 3.05) is 18.6 Å². The number of hydrogen-bond acceptors (Lipinski definition) is 4. The fraction of sp³-hybridized carbons (Fsp3) is 0.235. The zero-order valence-corrected chi connectivity index (χ0v) is 12.9. The number of carbonyl (C=O) groups excluding carboxylic acids is 1. The molecule has 0 spiro atoms. The van der Waals surface area contributed by atoms with E-state index in [9.17, 15) is 4.79 Å². The number of fused-ring (bicyclic) bond motifs is 1. The first-order valence-corrected chi connectivity index (χ1v) is 7.38. The van der Waals surface area contributed by atoms with Crippen molar-refractivity contribution < 1.29 is 14.3 Å². The number of anilines is 1. The molecule has 22 heavy (non-hydrogen) atoms. The predicted octanol–water partition coefficient (Wildman–Crippen LogP) is 3.28. The molecule has 5 heteroatoms. The van der Waals surface area contributed by atoms with Gasteiger partial charge >= 0.3 is 5.97 Å². The number of halogens is 1. The van der Waals surface area contributed by atoms with E-state index in [1.165, 1.54) is 7.11 Å². The smallest absolute Gasteiger partial charge is 0.348 e. The van der Waals surface area contributed by atoms with Crippen molar-refractivity contribution in [2.24, 2.45) is 0 Å². The van der Waals surface area contributed by atoms with Gasteiger partial charge in [0.2, 0.25) is 6.10 Å². The summed E-state index contributed by atoms with van der Waals surface area (Å²) >= 11 is 6.25. The number of benzene rings is 2. The average molecular weight is 318 g/mol. The molecule has 2 aromatic carbocycles. The average Bonchev–Trinajstić information content (AvgIpc) is 2.56. The molecule has 0 amide bonds. The number of ether oxygens (including phenoxy) is 2. The zero-order chi connectivity index (χ0) is 15.5. The molecule has 1 aliphatic rings.